The number of hydrogen-bond acceptors (Lipinski definition) is 1. The van der Waals surface area contributed by atoms with Crippen LogP contribution >= 0.6 is 0 Å². The van der Waals surface area contributed by atoms with E-state index >= 15 is 0 Å². The number of rotatable bonds is 1. The fourth-order valence-electron chi connectivity index (χ4n) is 3.20. The fraction of sp³-hybridized carbons (Fsp3) is 0.667. The van der Waals surface area contributed by atoms with Gasteiger partial charge in [-0.15, -0.1) is 0 Å². The molecule has 2 aliphatic rings. The maximum absolute atomic E-state index is 3.59. The molecule has 2 fully saturated rings. The molecule has 1 aliphatic heterocycles. The largest absolute Gasteiger partial charge is 0.357 e. The molecule has 0 aromatic carbocycles. The molecule has 0 amide bonds. The van der Waals surface area contributed by atoms with E-state index in [4.69, 9.17) is 0 Å². The van der Waals surface area contributed by atoms with Crippen LogP contribution in [0.25, 0.3) is 0 Å². The SMILES string of the molecule is Cn1ccc([C@@H]2NCC23CCCC3)c1. The van der Waals surface area contributed by atoms with Crippen molar-refractivity contribution in [3.8, 4) is 0 Å². The average Bonchev–Trinajstić information content (AvgIpc) is 2.73. The fourth-order valence-corrected chi connectivity index (χ4v) is 3.20. The second kappa shape index (κ2) is 2.86. The molecule has 14 heavy (non-hydrogen) atoms. The van der Waals surface area contributed by atoms with Gasteiger partial charge in [-0.25, -0.2) is 0 Å². The molecule has 1 N–H and O–H groups in total. The molecule has 1 aromatic rings. The maximum atomic E-state index is 3.59. The Morgan fingerprint density at radius 2 is 2.21 bits per heavy atom. The van der Waals surface area contributed by atoms with Crippen LogP contribution < -0.4 is 5.32 Å². The predicted molar refractivity (Wildman–Crippen MR) is 57.1 cm³/mol. The van der Waals surface area contributed by atoms with Crippen LogP contribution in [0.3, 0.4) is 0 Å². The summed E-state index contributed by atoms with van der Waals surface area (Å²) < 4.78 is 2.15. The van der Waals surface area contributed by atoms with E-state index in [0.29, 0.717) is 11.5 Å². The van der Waals surface area contributed by atoms with E-state index in [9.17, 15) is 0 Å². The summed E-state index contributed by atoms with van der Waals surface area (Å²) in [5, 5.41) is 3.59. The second-order valence-corrected chi connectivity index (χ2v) is 4.99. The van der Waals surface area contributed by atoms with E-state index in [1.165, 1.54) is 37.8 Å². The van der Waals surface area contributed by atoms with Gasteiger partial charge >= 0.3 is 0 Å². The number of hydrogen-bond donors (Lipinski definition) is 1. The molecule has 1 aromatic heterocycles. The minimum atomic E-state index is 0.626. The van der Waals surface area contributed by atoms with Crippen molar-refractivity contribution in [3.05, 3.63) is 24.0 Å². The van der Waals surface area contributed by atoms with Crippen molar-refractivity contribution in [1.82, 2.24) is 9.88 Å². The minimum Gasteiger partial charge on any atom is -0.357 e. The van der Waals surface area contributed by atoms with Gasteiger partial charge in [0.15, 0.2) is 0 Å². The Morgan fingerprint density at radius 3 is 2.71 bits per heavy atom. The second-order valence-electron chi connectivity index (χ2n) is 4.99. The van der Waals surface area contributed by atoms with Crippen molar-refractivity contribution in [2.45, 2.75) is 31.7 Å². The molecule has 0 unspecified atom stereocenters. The summed E-state index contributed by atoms with van der Waals surface area (Å²) >= 11 is 0. The van der Waals surface area contributed by atoms with E-state index in [1.54, 1.807) is 0 Å². The summed E-state index contributed by atoms with van der Waals surface area (Å²) in [6.45, 7) is 1.24. The molecule has 0 radical (unpaired) electrons. The zero-order chi connectivity index (χ0) is 9.60. The van der Waals surface area contributed by atoms with Gasteiger partial charge in [0.2, 0.25) is 0 Å². The van der Waals surface area contributed by atoms with E-state index < -0.39 is 0 Å². The summed E-state index contributed by atoms with van der Waals surface area (Å²) in [5.74, 6) is 0. The molecule has 0 bridgehead atoms. The normalized spacial score (nSPS) is 29.4. The van der Waals surface area contributed by atoms with Gasteiger partial charge in [0, 0.05) is 37.4 Å². The Hall–Kier alpha value is -0.760. The minimum absolute atomic E-state index is 0.626. The van der Waals surface area contributed by atoms with Crippen LogP contribution in [-0.4, -0.2) is 11.1 Å². The van der Waals surface area contributed by atoms with Gasteiger partial charge in [-0.2, -0.15) is 0 Å². The molecule has 2 nitrogen and oxygen atoms in total. The summed E-state index contributed by atoms with van der Waals surface area (Å²) in [7, 11) is 2.10. The molecule has 1 saturated carbocycles. The van der Waals surface area contributed by atoms with Gasteiger partial charge < -0.3 is 9.88 Å². The summed E-state index contributed by atoms with van der Waals surface area (Å²) in [4.78, 5) is 0. The quantitative estimate of drug-likeness (QED) is 0.718. The first-order valence-electron chi connectivity index (χ1n) is 5.65. The average molecular weight is 190 g/mol. The van der Waals surface area contributed by atoms with Crippen molar-refractivity contribution in [3.63, 3.8) is 0 Å². The van der Waals surface area contributed by atoms with Crippen molar-refractivity contribution in [2.75, 3.05) is 6.54 Å². The Labute approximate surface area is 85.3 Å². The van der Waals surface area contributed by atoms with Gasteiger partial charge in [-0.05, 0) is 24.5 Å². The van der Waals surface area contributed by atoms with Gasteiger partial charge in [0.05, 0.1) is 0 Å². The smallest absolute Gasteiger partial charge is 0.0404 e. The molecular formula is C12H18N2. The van der Waals surface area contributed by atoms with Gasteiger partial charge in [-0.3, -0.25) is 0 Å². The molecule has 1 aliphatic carbocycles. The van der Waals surface area contributed by atoms with Crippen LogP contribution in [0.1, 0.15) is 37.3 Å². The topological polar surface area (TPSA) is 17.0 Å². The molecule has 2 heteroatoms. The molecule has 3 rings (SSSR count). The van der Waals surface area contributed by atoms with Crippen LogP contribution in [0.4, 0.5) is 0 Å². The molecule has 2 heterocycles. The first-order valence-corrected chi connectivity index (χ1v) is 5.65. The summed E-state index contributed by atoms with van der Waals surface area (Å²) in [5.41, 5.74) is 2.11. The number of aryl methyl sites for hydroxylation is 1. The third kappa shape index (κ3) is 1.07. The van der Waals surface area contributed by atoms with Crippen LogP contribution in [0.5, 0.6) is 0 Å². The van der Waals surface area contributed by atoms with Crippen molar-refractivity contribution in [2.24, 2.45) is 12.5 Å². The van der Waals surface area contributed by atoms with Crippen LogP contribution in [0, 0.1) is 5.41 Å². The molecular weight excluding hydrogens is 172 g/mol. The van der Waals surface area contributed by atoms with Crippen LogP contribution in [0.15, 0.2) is 18.5 Å². The number of nitrogens with one attached hydrogen (secondary N) is 1. The van der Waals surface area contributed by atoms with Crippen LogP contribution in [-0.2, 0) is 7.05 Å². The highest BCUT2D eigenvalue weighted by molar-refractivity contribution is 5.23. The van der Waals surface area contributed by atoms with E-state index in [2.05, 4.69) is 35.4 Å². The zero-order valence-electron chi connectivity index (χ0n) is 8.79. The lowest BCUT2D eigenvalue weighted by Gasteiger charge is -2.48. The maximum Gasteiger partial charge on any atom is 0.0404 e. The van der Waals surface area contributed by atoms with Gasteiger partial charge in [0.1, 0.15) is 0 Å². The Kier molecular flexibility index (Phi) is 1.75. The summed E-state index contributed by atoms with van der Waals surface area (Å²) in [6.07, 6.45) is 10.1. The zero-order valence-corrected chi connectivity index (χ0v) is 8.79. The highest BCUT2D eigenvalue weighted by Crippen LogP contribution is 2.52. The van der Waals surface area contributed by atoms with Crippen molar-refractivity contribution < 1.29 is 0 Å². The Bertz CT molecular complexity index is 334. The van der Waals surface area contributed by atoms with Crippen LogP contribution in [0.2, 0.25) is 0 Å². The van der Waals surface area contributed by atoms with E-state index in [-0.39, 0.29) is 0 Å². The standard InChI is InChI=1S/C12H18N2/c1-14-7-4-10(8-14)11-12(9-13-11)5-2-3-6-12/h4,7-8,11,13H,2-3,5-6,9H2,1H3/t11-/m0/s1. The lowest BCUT2D eigenvalue weighted by molar-refractivity contribution is 0.0894. The molecule has 1 spiro atoms. The third-order valence-corrected chi connectivity index (χ3v) is 4.06. The lowest BCUT2D eigenvalue weighted by Crippen LogP contribution is -2.54. The van der Waals surface area contributed by atoms with E-state index in [0.717, 1.165) is 0 Å². The molecule has 1 saturated heterocycles. The lowest BCUT2D eigenvalue weighted by atomic mass is 9.70. The monoisotopic (exact) mass is 190 g/mol. The van der Waals surface area contributed by atoms with Crippen molar-refractivity contribution >= 4 is 0 Å². The van der Waals surface area contributed by atoms with E-state index in [1.807, 2.05) is 0 Å². The number of nitrogens with zero attached hydrogens (tertiary/aromatic N) is 1. The summed E-state index contributed by atoms with van der Waals surface area (Å²) in [6, 6.07) is 2.91. The van der Waals surface area contributed by atoms with Gasteiger partial charge in [0.25, 0.3) is 0 Å². The highest BCUT2D eigenvalue weighted by atomic mass is 15.1. The molecule has 76 valence electrons. The third-order valence-electron chi connectivity index (χ3n) is 4.06. The predicted octanol–water partition coefficient (Wildman–Crippen LogP) is 2.23. The highest BCUT2D eigenvalue weighted by Gasteiger charge is 2.48. The van der Waals surface area contributed by atoms with Crippen molar-refractivity contribution in [1.29, 1.82) is 0 Å². The Balaban J connectivity index is 1.86. The molecule has 1 atom stereocenters. The van der Waals surface area contributed by atoms with Gasteiger partial charge in [-0.1, -0.05) is 12.8 Å². The first kappa shape index (κ1) is 8.54. The first-order chi connectivity index (χ1) is 6.80. The Morgan fingerprint density at radius 1 is 1.43 bits per heavy atom. The number of aromatic nitrogens is 1.